The van der Waals surface area contributed by atoms with Crippen LogP contribution in [0.15, 0.2) is 30.3 Å². The van der Waals surface area contributed by atoms with Gasteiger partial charge in [0, 0.05) is 16.5 Å². The summed E-state index contributed by atoms with van der Waals surface area (Å²) in [7, 11) is 0. The van der Waals surface area contributed by atoms with Gasteiger partial charge in [-0.1, -0.05) is 58.0 Å². The van der Waals surface area contributed by atoms with E-state index in [-0.39, 0.29) is 0 Å². The van der Waals surface area contributed by atoms with Crippen molar-refractivity contribution in [1.82, 2.24) is 5.32 Å². The van der Waals surface area contributed by atoms with E-state index < -0.39 is 0 Å². The van der Waals surface area contributed by atoms with Crippen LogP contribution in [0.3, 0.4) is 0 Å². The van der Waals surface area contributed by atoms with E-state index in [1.807, 2.05) is 11.8 Å². The van der Waals surface area contributed by atoms with E-state index in [4.69, 9.17) is 0 Å². The monoisotopic (exact) mass is 237 g/mol. The van der Waals surface area contributed by atoms with E-state index in [1.54, 1.807) is 0 Å². The fourth-order valence-electron chi connectivity index (χ4n) is 1.54. The Bertz CT molecular complexity index is 289. The van der Waals surface area contributed by atoms with Gasteiger partial charge in [0.05, 0.1) is 0 Å². The Morgan fingerprint density at radius 3 is 2.31 bits per heavy atom. The van der Waals surface area contributed by atoms with Crippen LogP contribution in [0.25, 0.3) is 0 Å². The predicted octanol–water partition coefficient (Wildman–Crippen LogP) is 3.87. The lowest BCUT2D eigenvalue weighted by Gasteiger charge is -2.23. The quantitative estimate of drug-likeness (QED) is 0.834. The zero-order valence-corrected chi connectivity index (χ0v) is 11.6. The maximum atomic E-state index is 3.55. The Labute approximate surface area is 104 Å². The Morgan fingerprint density at radius 2 is 1.81 bits per heavy atom. The molecule has 0 aliphatic rings. The van der Waals surface area contributed by atoms with Crippen molar-refractivity contribution >= 4 is 11.8 Å². The lowest BCUT2D eigenvalue weighted by atomic mass is 10.1. The second-order valence-electron chi connectivity index (χ2n) is 4.94. The molecule has 1 aromatic rings. The molecule has 90 valence electrons. The minimum Gasteiger partial charge on any atom is -0.310 e. The molecular weight excluding hydrogens is 214 g/mol. The molecule has 0 spiro atoms. The van der Waals surface area contributed by atoms with Gasteiger partial charge in [0.25, 0.3) is 0 Å². The summed E-state index contributed by atoms with van der Waals surface area (Å²) in [6.45, 7) is 9.99. The van der Waals surface area contributed by atoms with Crippen molar-refractivity contribution < 1.29 is 0 Å². The normalized spacial score (nSPS) is 13.8. The van der Waals surface area contributed by atoms with Crippen LogP contribution in [0.2, 0.25) is 0 Å². The highest BCUT2D eigenvalue weighted by atomic mass is 32.2. The molecule has 0 amide bonds. The molecule has 2 heteroatoms. The molecule has 0 saturated carbocycles. The maximum Gasteiger partial charge on any atom is 0.0411 e. The van der Waals surface area contributed by atoms with Gasteiger partial charge in [0.1, 0.15) is 0 Å². The van der Waals surface area contributed by atoms with E-state index in [0.717, 1.165) is 12.3 Å². The van der Waals surface area contributed by atoms with Crippen LogP contribution in [-0.2, 0) is 0 Å². The summed E-state index contributed by atoms with van der Waals surface area (Å²) in [5, 5.41) is 3.55. The molecule has 0 aliphatic heterocycles. The highest BCUT2D eigenvalue weighted by Crippen LogP contribution is 2.28. The van der Waals surface area contributed by atoms with Gasteiger partial charge in [-0.25, -0.2) is 0 Å². The van der Waals surface area contributed by atoms with E-state index in [1.165, 1.54) is 5.56 Å². The molecule has 16 heavy (non-hydrogen) atoms. The van der Waals surface area contributed by atoms with E-state index in [0.29, 0.717) is 10.8 Å². The third-order valence-corrected chi connectivity index (χ3v) is 3.70. The van der Waals surface area contributed by atoms with E-state index >= 15 is 0 Å². The summed E-state index contributed by atoms with van der Waals surface area (Å²) < 4.78 is 0.336. The van der Waals surface area contributed by atoms with Gasteiger partial charge in [-0.2, -0.15) is 11.8 Å². The smallest absolute Gasteiger partial charge is 0.0411 e. The first-order chi connectivity index (χ1) is 7.53. The second kappa shape index (κ2) is 6.31. The molecule has 1 unspecified atom stereocenters. The number of nitrogens with one attached hydrogen (secondary N) is 1. The molecule has 1 rings (SSSR count). The zero-order chi connectivity index (χ0) is 12.0. The molecule has 0 aliphatic carbocycles. The van der Waals surface area contributed by atoms with Crippen LogP contribution in [0, 0.1) is 0 Å². The summed E-state index contributed by atoms with van der Waals surface area (Å²) in [5.74, 6) is 1.13. The van der Waals surface area contributed by atoms with E-state index in [9.17, 15) is 0 Å². The standard InChI is InChI=1S/C14H23NS/c1-5-15-13(11-16-14(2,3)4)12-9-7-6-8-10-12/h6-10,13,15H,5,11H2,1-4H3. The van der Waals surface area contributed by atoms with Crippen molar-refractivity contribution in [3.05, 3.63) is 35.9 Å². The molecule has 0 radical (unpaired) electrons. The largest absolute Gasteiger partial charge is 0.310 e. The van der Waals surface area contributed by atoms with Crippen LogP contribution in [0.1, 0.15) is 39.3 Å². The van der Waals surface area contributed by atoms with Gasteiger partial charge in [0.2, 0.25) is 0 Å². The first-order valence-electron chi connectivity index (χ1n) is 5.95. The second-order valence-corrected chi connectivity index (χ2v) is 6.79. The van der Waals surface area contributed by atoms with Gasteiger partial charge in [-0.05, 0) is 12.1 Å². The van der Waals surface area contributed by atoms with Gasteiger partial charge < -0.3 is 5.32 Å². The Hall–Kier alpha value is -0.470. The highest BCUT2D eigenvalue weighted by Gasteiger charge is 2.16. The van der Waals surface area contributed by atoms with Crippen molar-refractivity contribution in [1.29, 1.82) is 0 Å². The fraction of sp³-hybridized carbons (Fsp3) is 0.571. The molecule has 1 N–H and O–H groups in total. The minimum atomic E-state index is 0.336. The molecule has 0 saturated heterocycles. The average Bonchev–Trinajstić information content (AvgIpc) is 2.24. The summed E-state index contributed by atoms with van der Waals surface area (Å²) >= 11 is 2.01. The minimum absolute atomic E-state index is 0.336. The molecule has 1 nitrogen and oxygen atoms in total. The molecule has 1 aromatic carbocycles. The molecule has 0 fully saturated rings. The first-order valence-corrected chi connectivity index (χ1v) is 6.94. The van der Waals surface area contributed by atoms with Crippen LogP contribution < -0.4 is 5.32 Å². The number of thioether (sulfide) groups is 1. The number of rotatable bonds is 5. The van der Waals surface area contributed by atoms with Crippen molar-refractivity contribution in [2.24, 2.45) is 0 Å². The third-order valence-electron chi connectivity index (χ3n) is 2.34. The van der Waals surface area contributed by atoms with Crippen molar-refractivity contribution in [2.75, 3.05) is 12.3 Å². The summed E-state index contributed by atoms with van der Waals surface area (Å²) in [6, 6.07) is 11.2. The number of benzene rings is 1. The molecule has 0 heterocycles. The van der Waals surface area contributed by atoms with Crippen LogP contribution in [0.5, 0.6) is 0 Å². The molecule has 1 atom stereocenters. The number of hydrogen-bond donors (Lipinski definition) is 1. The van der Waals surface area contributed by atoms with Gasteiger partial charge in [-0.3, -0.25) is 0 Å². The zero-order valence-electron chi connectivity index (χ0n) is 10.8. The Balaban J connectivity index is 2.61. The lowest BCUT2D eigenvalue weighted by molar-refractivity contribution is 0.603. The van der Waals surface area contributed by atoms with Crippen molar-refractivity contribution in [3.63, 3.8) is 0 Å². The first kappa shape index (κ1) is 13.6. The molecule has 0 bridgehead atoms. The van der Waals surface area contributed by atoms with E-state index in [2.05, 4.69) is 63.3 Å². The topological polar surface area (TPSA) is 12.0 Å². The summed E-state index contributed by atoms with van der Waals surface area (Å²) in [6.07, 6.45) is 0. The van der Waals surface area contributed by atoms with Gasteiger partial charge in [-0.15, -0.1) is 0 Å². The Kier molecular flexibility index (Phi) is 5.36. The fourth-order valence-corrected chi connectivity index (χ4v) is 2.52. The predicted molar refractivity (Wildman–Crippen MR) is 75.1 cm³/mol. The number of hydrogen-bond acceptors (Lipinski definition) is 2. The van der Waals surface area contributed by atoms with Crippen molar-refractivity contribution in [2.45, 2.75) is 38.5 Å². The van der Waals surface area contributed by atoms with Crippen LogP contribution in [-0.4, -0.2) is 17.0 Å². The Morgan fingerprint density at radius 1 is 1.19 bits per heavy atom. The average molecular weight is 237 g/mol. The maximum absolute atomic E-state index is 3.55. The highest BCUT2D eigenvalue weighted by molar-refractivity contribution is 8.00. The SMILES string of the molecule is CCNC(CSC(C)(C)C)c1ccccc1. The third kappa shape index (κ3) is 5.04. The van der Waals surface area contributed by atoms with Crippen LogP contribution in [0.4, 0.5) is 0 Å². The summed E-state index contributed by atoms with van der Waals surface area (Å²) in [4.78, 5) is 0. The van der Waals surface area contributed by atoms with Gasteiger partial charge in [0.15, 0.2) is 0 Å². The van der Waals surface area contributed by atoms with Crippen molar-refractivity contribution in [3.8, 4) is 0 Å². The van der Waals surface area contributed by atoms with Gasteiger partial charge >= 0.3 is 0 Å². The molecular formula is C14H23NS. The summed E-state index contributed by atoms with van der Waals surface area (Å²) in [5.41, 5.74) is 1.39. The lowest BCUT2D eigenvalue weighted by Crippen LogP contribution is -2.24. The van der Waals surface area contributed by atoms with Crippen LogP contribution >= 0.6 is 11.8 Å². The molecule has 0 aromatic heterocycles.